The van der Waals surface area contributed by atoms with Crippen LogP contribution in [0.15, 0.2) is 0 Å². The minimum Gasteiger partial charge on any atom is -0.381 e. The number of rotatable bonds is 6. The van der Waals surface area contributed by atoms with Crippen LogP contribution in [-0.2, 0) is 4.74 Å². The molecule has 8 heteroatoms. The molecular weight excluding hydrogens is 403 g/mol. The first-order chi connectivity index (χ1) is 12.8. The highest BCUT2D eigenvalue weighted by Crippen LogP contribution is 2.51. The lowest BCUT2D eigenvalue weighted by Gasteiger charge is -2.47. The Morgan fingerprint density at radius 1 is 1.04 bits per heavy atom. The molecule has 0 aromatic rings. The fourth-order valence-corrected chi connectivity index (χ4v) is 5.57. The van der Waals surface area contributed by atoms with Crippen molar-refractivity contribution in [2.75, 3.05) is 7.11 Å². The third-order valence-corrected chi connectivity index (χ3v) is 7.18. The lowest BCUT2D eigenvalue weighted by atomic mass is 9.63. The van der Waals surface area contributed by atoms with E-state index in [1.54, 1.807) is 13.8 Å². The van der Waals surface area contributed by atoms with Gasteiger partial charge in [0, 0.05) is 7.11 Å². The van der Waals surface area contributed by atoms with Crippen LogP contribution < -0.4 is 0 Å². The number of hydrogen-bond acceptors (Lipinski definition) is 2. The van der Waals surface area contributed by atoms with Gasteiger partial charge in [0.15, 0.2) is 5.60 Å². The summed E-state index contributed by atoms with van der Waals surface area (Å²) in [6.07, 6.45) is -7.17. The largest absolute Gasteiger partial charge is 0.417 e. The van der Waals surface area contributed by atoms with Gasteiger partial charge in [-0.1, -0.05) is 13.8 Å². The zero-order chi connectivity index (χ0) is 21.3. The Morgan fingerprint density at radius 2 is 1.68 bits per heavy atom. The van der Waals surface area contributed by atoms with Gasteiger partial charge in [0.05, 0.1) is 11.5 Å². The minimum atomic E-state index is -4.84. The van der Waals surface area contributed by atoms with E-state index in [-0.39, 0.29) is 31.8 Å². The monoisotopic (exact) mass is 434 g/mol. The minimum absolute atomic E-state index is 0.105. The van der Waals surface area contributed by atoms with Crippen LogP contribution in [0.3, 0.4) is 0 Å². The molecule has 0 aromatic carbocycles. The van der Waals surface area contributed by atoms with E-state index in [1.807, 2.05) is 0 Å². The summed E-state index contributed by atoms with van der Waals surface area (Å²) < 4.78 is 74.8. The van der Waals surface area contributed by atoms with Crippen molar-refractivity contribution in [3.05, 3.63) is 0 Å². The zero-order valence-corrected chi connectivity index (χ0v) is 17.5. The van der Waals surface area contributed by atoms with Crippen molar-refractivity contribution in [3.8, 4) is 0 Å². The van der Waals surface area contributed by atoms with Crippen LogP contribution in [0.5, 0.6) is 0 Å². The highest BCUT2D eigenvalue weighted by atomic mass is 35.5. The third kappa shape index (κ3) is 5.51. The molecule has 0 heterocycles. The van der Waals surface area contributed by atoms with E-state index < -0.39 is 59.6 Å². The highest BCUT2D eigenvalue weighted by Gasteiger charge is 2.58. The zero-order valence-electron chi connectivity index (χ0n) is 16.7. The molecule has 7 unspecified atom stereocenters. The molecule has 0 aromatic heterocycles. The van der Waals surface area contributed by atoms with Gasteiger partial charge in [0.1, 0.15) is 12.3 Å². The Kier molecular flexibility index (Phi) is 7.69. The Bertz CT molecular complexity index is 515. The predicted octanol–water partition coefficient (Wildman–Crippen LogP) is 5.99. The smallest absolute Gasteiger partial charge is 0.381 e. The van der Waals surface area contributed by atoms with E-state index in [2.05, 4.69) is 0 Å². The van der Waals surface area contributed by atoms with Crippen LogP contribution in [0.1, 0.15) is 65.2 Å². The quantitative estimate of drug-likeness (QED) is 0.411. The first kappa shape index (κ1) is 24.1. The van der Waals surface area contributed by atoms with Gasteiger partial charge in [-0.15, -0.1) is 11.6 Å². The molecule has 2 nitrogen and oxygen atoms in total. The molecule has 0 radical (unpaired) electrons. The van der Waals surface area contributed by atoms with Gasteiger partial charge in [-0.2, -0.15) is 13.2 Å². The van der Waals surface area contributed by atoms with Crippen LogP contribution in [0.2, 0.25) is 0 Å². The molecular formula is C20H32ClF5O2. The van der Waals surface area contributed by atoms with E-state index in [4.69, 9.17) is 16.3 Å². The third-order valence-electron chi connectivity index (χ3n) is 6.73. The molecule has 0 saturated heterocycles. The SMILES string of the molecule is COC1CCC(F)CC1C(C)(C)CC(O)(CC1CCC(F)C(Cl)C1)C(F)(F)F. The number of hydrogen-bond donors (Lipinski definition) is 1. The van der Waals surface area contributed by atoms with Gasteiger partial charge in [0.25, 0.3) is 0 Å². The normalized spacial score (nSPS) is 37.5. The highest BCUT2D eigenvalue weighted by molar-refractivity contribution is 6.21. The summed E-state index contributed by atoms with van der Waals surface area (Å²) in [5.74, 6) is -0.937. The maximum Gasteiger partial charge on any atom is 0.417 e. The summed E-state index contributed by atoms with van der Waals surface area (Å²) in [5, 5.41) is 9.92. The van der Waals surface area contributed by atoms with E-state index in [1.165, 1.54) is 7.11 Å². The van der Waals surface area contributed by atoms with Gasteiger partial charge in [0.2, 0.25) is 0 Å². The molecule has 2 aliphatic carbocycles. The molecule has 166 valence electrons. The number of methoxy groups -OCH3 is 1. The second kappa shape index (κ2) is 8.93. The fraction of sp³-hybridized carbons (Fsp3) is 1.00. The molecule has 2 fully saturated rings. The molecule has 0 aliphatic heterocycles. The Hall–Kier alpha value is -0.140. The van der Waals surface area contributed by atoms with Crippen molar-refractivity contribution in [2.24, 2.45) is 17.3 Å². The molecule has 0 bridgehead atoms. The van der Waals surface area contributed by atoms with Crippen LogP contribution in [0.4, 0.5) is 22.0 Å². The Morgan fingerprint density at radius 3 is 2.21 bits per heavy atom. The first-order valence-corrected chi connectivity index (χ1v) is 10.5. The van der Waals surface area contributed by atoms with Gasteiger partial charge in [-0.25, -0.2) is 8.78 Å². The number of halogens is 6. The van der Waals surface area contributed by atoms with Crippen LogP contribution in [0.25, 0.3) is 0 Å². The average Bonchev–Trinajstić information content (AvgIpc) is 2.56. The van der Waals surface area contributed by atoms with E-state index in [0.717, 1.165) is 0 Å². The molecule has 0 amide bonds. The van der Waals surface area contributed by atoms with Gasteiger partial charge >= 0.3 is 6.18 Å². The maximum absolute atomic E-state index is 14.0. The molecule has 2 rings (SSSR count). The number of alkyl halides is 6. The maximum atomic E-state index is 14.0. The molecule has 0 spiro atoms. The van der Waals surface area contributed by atoms with Gasteiger partial charge in [-0.3, -0.25) is 0 Å². The summed E-state index contributed by atoms with van der Waals surface area (Å²) in [5.41, 5.74) is -3.92. The predicted molar refractivity (Wildman–Crippen MR) is 98.9 cm³/mol. The van der Waals surface area contributed by atoms with Gasteiger partial charge in [-0.05, 0) is 68.6 Å². The van der Waals surface area contributed by atoms with E-state index in [0.29, 0.717) is 12.8 Å². The van der Waals surface area contributed by atoms with Crippen molar-refractivity contribution in [2.45, 2.75) is 101 Å². The molecule has 7 atom stereocenters. The van der Waals surface area contributed by atoms with Crippen molar-refractivity contribution in [1.82, 2.24) is 0 Å². The van der Waals surface area contributed by atoms with Gasteiger partial charge < -0.3 is 9.84 Å². The Balaban J connectivity index is 2.20. The number of aliphatic hydroxyl groups is 1. The van der Waals surface area contributed by atoms with Crippen molar-refractivity contribution in [1.29, 1.82) is 0 Å². The van der Waals surface area contributed by atoms with Crippen LogP contribution in [-0.4, -0.2) is 47.8 Å². The summed E-state index contributed by atoms with van der Waals surface area (Å²) in [4.78, 5) is 0. The summed E-state index contributed by atoms with van der Waals surface area (Å²) in [7, 11) is 1.48. The van der Waals surface area contributed by atoms with E-state index in [9.17, 15) is 27.1 Å². The summed E-state index contributed by atoms with van der Waals surface area (Å²) in [6.45, 7) is 3.28. The van der Waals surface area contributed by atoms with Crippen molar-refractivity contribution in [3.63, 3.8) is 0 Å². The fourth-order valence-electron chi connectivity index (χ4n) is 5.19. The second-order valence-electron chi connectivity index (χ2n) is 9.40. The van der Waals surface area contributed by atoms with Crippen LogP contribution >= 0.6 is 11.6 Å². The van der Waals surface area contributed by atoms with E-state index >= 15 is 0 Å². The molecule has 28 heavy (non-hydrogen) atoms. The summed E-state index contributed by atoms with van der Waals surface area (Å²) >= 11 is 5.92. The Labute approximate surface area is 169 Å². The summed E-state index contributed by atoms with van der Waals surface area (Å²) in [6, 6.07) is 0. The number of ether oxygens (including phenoxy) is 1. The second-order valence-corrected chi connectivity index (χ2v) is 9.96. The lowest BCUT2D eigenvalue weighted by Crippen LogP contribution is -2.53. The standard InChI is InChI=1S/C20H32ClF5O2/c1-18(2,14-9-13(22)5-7-17(14)28-3)11-19(27,20(24,25)26)10-12-4-6-16(23)15(21)8-12/h12-17,27H,4-11H2,1-3H3. The average molecular weight is 435 g/mol. The van der Waals surface area contributed by atoms with Crippen molar-refractivity contribution >= 4 is 11.6 Å². The molecule has 1 N–H and O–H groups in total. The first-order valence-electron chi connectivity index (χ1n) is 10.0. The van der Waals surface area contributed by atoms with Crippen LogP contribution in [0, 0.1) is 17.3 Å². The molecule has 2 aliphatic rings. The van der Waals surface area contributed by atoms with Crippen molar-refractivity contribution < 1.29 is 31.8 Å². The lowest BCUT2D eigenvalue weighted by molar-refractivity contribution is -0.280. The topological polar surface area (TPSA) is 29.5 Å². The molecule has 2 saturated carbocycles.